The fourth-order valence-corrected chi connectivity index (χ4v) is 3.63. The molecule has 0 saturated carbocycles. The van der Waals surface area contributed by atoms with Crippen LogP contribution in [-0.4, -0.2) is 51.4 Å². The summed E-state index contributed by atoms with van der Waals surface area (Å²) in [5.74, 6) is -0.856. The zero-order valence-electron chi connectivity index (χ0n) is 15.6. The van der Waals surface area contributed by atoms with E-state index in [1.165, 1.54) is 19.4 Å². The number of hydrogen-bond donors (Lipinski definition) is 2. The lowest BCUT2D eigenvalue weighted by Crippen LogP contribution is -2.22. The number of carbonyl (C=O) groups excluding carboxylic acids is 1. The third-order valence-electron chi connectivity index (χ3n) is 3.86. The zero-order chi connectivity index (χ0) is 21.7. The standard InChI is InChI=1S/C20H16N2O6S2/c1-27-16-8-12(6-7-15(16)28-11-18(24)25)9-17-19(26)22(20(29)30-17)21-10-13-4-2-3-5-14(13)23/h2-10,23H,11H2,1H3,(H,24,25). The monoisotopic (exact) mass is 444 g/mol. The fourth-order valence-electron chi connectivity index (χ4n) is 2.46. The summed E-state index contributed by atoms with van der Waals surface area (Å²) in [6, 6.07) is 11.4. The number of phenolic OH excluding ortho intramolecular Hbond substituents is 1. The van der Waals surface area contributed by atoms with Gasteiger partial charge < -0.3 is 19.7 Å². The summed E-state index contributed by atoms with van der Waals surface area (Å²) >= 11 is 6.33. The highest BCUT2D eigenvalue weighted by Crippen LogP contribution is 2.35. The Hall–Kier alpha value is -3.37. The lowest BCUT2D eigenvalue weighted by Gasteiger charge is -2.10. The molecule has 10 heteroatoms. The first-order valence-corrected chi connectivity index (χ1v) is 9.74. The molecule has 30 heavy (non-hydrogen) atoms. The number of thiocarbonyl (C=S) groups is 1. The van der Waals surface area contributed by atoms with Gasteiger partial charge in [0.25, 0.3) is 5.91 Å². The number of thioether (sulfide) groups is 1. The highest BCUT2D eigenvalue weighted by molar-refractivity contribution is 8.26. The molecule has 2 aromatic carbocycles. The molecule has 154 valence electrons. The number of rotatable bonds is 7. The Morgan fingerprint density at radius 3 is 2.73 bits per heavy atom. The highest BCUT2D eigenvalue weighted by Gasteiger charge is 2.32. The summed E-state index contributed by atoms with van der Waals surface area (Å²) in [7, 11) is 1.43. The molecule has 2 aromatic rings. The Morgan fingerprint density at radius 2 is 2.03 bits per heavy atom. The average Bonchev–Trinajstić information content (AvgIpc) is 2.99. The predicted molar refractivity (Wildman–Crippen MR) is 117 cm³/mol. The number of hydrogen-bond acceptors (Lipinski definition) is 8. The first-order valence-electron chi connectivity index (χ1n) is 8.51. The lowest BCUT2D eigenvalue weighted by molar-refractivity contribution is -0.139. The van der Waals surface area contributed by atoms with E-state index in [4.69, 9.17) is 26.8 Å². The normalized spacial score (nSPS) is 15.2. The molecule has 2 N–H and O–H groups in total. The number of aromatic hydroxyl groups is 1. The molecule has 0 radical (unpaired) electrons. The van der Waals surface area contributed by atoms with Gasteiger partial charge in [-0.15, -0.1) is 0 Å². The SMILES string of the molecule is COc1cc(C=C2SC(=S)N(N=Cc3ccccc3O)C2=O)ccc1OCC(=O)O. The number of carbonyl (C=O) groups is 2. The second-order valence-electron chi connectivity index (χ2n) is 5.89. The van der Waals surface area contributed by atoms with E-state index in [1.54, 1.807) is 42.5 Å². The van der Waals surface area contributed by atoms with Gasteiger partial charge in [-0.1, -0.05) is 30.0 Å². The minimum atomic E-state index is -1.10. The summed E-state index contributed by atoms with van der Waals surface area (Å²) in [5, 5.41) is 23.7. The maximum absolute atomic E-state index is 12.7. The summed E-state index contributed by atoms with van der Waals surface area (Å²) in [6.45, 7) is -0.497. The number of hydrazone groups is 1. The molecule has 1 saturated heterocycles. The quantitative estimate of drug-likeness (QED) is 0.381. The van der Waals surface area contributed by atoms with Gasteiger partial charge in [-0.3, -0.25) is 4.79 Å². The number of methoxy groups -OCH3 is 1. The second kappa shape index (κ2) is 9.42. The number of para-hydroxylation sites is 1. The highest BCUT2D eigenvalue weighted by atomic mass is 32.2. The van der Waals surface area contributed by atoms with E-state index in [0.29, 0.717) is 21.8 Å². The molecular formula is C20H16N2O6S2. The second-order valence-corrected chi connectivity index (χ2v) is 7.57. The molecule has 0 spiro atoms. The van der Waals surface area contributed by atoms with Gasteiger partial charge in [0.1, 0.15) is 5.75 Å². The number of amides is 1. The Balaban J connectivity index is 1.79. The number of aliphatic carboxylic acids is 1. The van der Waals surface area contributed by atoms with E-state index in [2.05, 4.69) is 5.10 Å². The Kier molecular flexibility index (Phi) is 6.70. The van der Waals surface area contributed by atoms with E-state index >= 15 is 0 Å². The molecule has 0 aromatic heterocycles. The molecule has 1 amide bonds. The Morgan fingerprint density at radius 1 is 1.27 bits per heavy atom. The lowest BCUT2D eigenvalue weighted by atomic mass is 10.2. The van der Waals surface area contributed by atoms with Crippen LogP contribution in [0.1, 0.15) is 11.1 Å². The largest absolute Gasteiger partial charge is 0.507 e. The van der Waals surface area contributed by atoms with Crippen molar-refractivity contribution in [1.82, 2.24) is 5.01 Å². The fraction of sp³-hybridized carbons (Fsp3) is 0.100. The van der Waals surface area contributed by atoms with Crippen LogP contribution in [0, 0.1) is 0 Å². The van der Waals surface area contributed by atoms with Crippen molar-refractivity contribution in [3.05, 3.63) is 58.5 Å². The van der Waals surface area contributed by atoms with Crippen molar-refractivity contribution in [3.8, 4) is 17.2 Å². The number of ether oxygens (including phenoxy) is 2. The zero-order valence-corrected chi connectivity index (χ0v) is 17.3. The van der Waals surface area contributed by atoms with Crippen LogP contribution in [0.5, 0.6) is 17.2 Å². The molecule has 1 fully saturated rings. The van der Waals surface area contributed by atoms with Crippen LogP contribution in [-0.2, 0) is 9.59 Å². The van der Waals surface area contributed by atoms with Gasteiger partial charge >= 0.3 is 5.97 Å². The summed E-state index contributed by atoms with van der Waals surface area (Å²) in [6.07, 6.45) is 2.99. The van der Waals surface area contributed by atoms with E-state index in [-0.39, 0.29) is 15.8 Å². The molecule has 3 rings (SSSR count). The molecule has 0 aliphatic carbocycles. The maximum Gasteiger partial charge on any atom is 0.341 e. The van der Waals surface area contributed by atoms with Crippen molar-refractivity contribution in [2.45, 2.75) is 0 Å². The van der Waals surface area contributed by atoms with E-state index in [0.717, 1.165) is 16.8 Å². The van der Waals surface area contributed by atoms with Crippen LogP contribution in [0.3, 0.4) is 0 Å². The maximum atomic E-state index is 12.7. The third kappa shape index (κ3) is 4.97. The Bertz CT molecular complexity index is 1070. The molecule has 0 atom stereocenters. The predicted octanol–water partition coefficient (Wildman–Crippen LogP) is 3.10. The van der Waals surface area contributed by atoms with Crippen LogP contribution < -0.4 is 9.47 Å². The summed E-state index contributed by atoms with van der Waals surface area (Å²) in [5.41, 5.74) is 1.09. The minimum Gasteiger partial charge on any atom is -0.507 e. The smallest absolute Gasteiger partial charge is 0.341 e. The molecule has 1 aliphatic rings. The van der Waals surface area contributed by atoms with Crippen LogP contribution in [0.15, 0.2) is 52.5 Å². The van der Waals surface area contributed by atoms with Crippen molar-refractivity contribution in [2.75, 3.05) is 13.7 Å². The van der Waals surface area contributed by atoms with Gasteiger partial charge in [-0.05, 0) is 48.1 Å². The molecular weight excluding hydrogens is 428 g/mol. The number of benzene rings is 2. The van der Waals surface area contributed by atoms with E-state index < -0.39 is 18.5 Å². The van der Waals surface area contributed by atoms with Gasteiger partial charge in [0, 0.05) is 5.56 Å². The Labute approximate surface area is 181 Å². The molecule has 8 nitrogen and oxygen atoms in total. The van der Waals surface area contributed by atoms with Crippen molar-refractivity contribution < 1.29 is 29.3 Å². The first kappa shape index (κ1) is 21.3. The third-order valence-corrected chi connectivity index (χ3v) is 5.14. The van der Waals surface area contributed by atoms with Crippen molar-refractivity contribution >= 4 is 52.5 Å². The van der Waals surface area contributed by atoms with Gasteiger partial charge in [0.05, 0.1) is 18.2 Å². The number of nitrogens with zero attached hydrogens (tertiary/aromatic N) is 2. The van der Waals surface area contributed by atoms with Crippen LogP contribution in [0.2, 0.25) is 0 Å². The van der Waals surface area contributed by atoms with E-state index in [9.17, 15) is 14.7 Å². The number of carboxylic acid groups (broad SMARTS) is 1. The van der Waals surface area contributed by atoms with Gasteiger partial charge in [0.2, 0.25) is 0 Å². The number of phenols is 1. The van der Waals surface area contributed by atoms with Crippen molar-refractivity contribution in [1.29, 1.82) is 0 Å². The van der Waals surface area contributed by atoms with Gasteiger partial charge in [-0.2, -0.15) is 10.1 Å². The first-order chi connectivity index (χ1) is 14.4. The van der Waals surface area contributed by atoms with Gasteiger partial charge in [-0.25, -0.2) is 4.79 Å². The van der Waals surface area contributed by atoms with Crippen LogP contribution >= 0.6 is 24.0 Å². The summed E-state index contributed by atoms with van der Waals surface area (Å²) < 4.78 is 10.7. The van der Waals surface area contributed by atoms with Crippen molar-refractivity contribution in [3.63, 3.8) is 0 Å². The molecule has 1 aliphatic heterocycles. The number of carboxylic acids is 1. The van der Waals surface area contributed by atoms with Crippen LogP contribution in [0.4, 0.5) is 0 Å². The van der Waals surface area contributed by atoms with Crippen molar-refractivity contribution in [2.24, 2.45) is 5.10 Å². The minimum absolute atomic E-state index is 0.0412. The molecule has 1 heterocycles. The summed E-state index contributed by atoms with van der Waals surface area (Å²) in [4.78, 5) is 23.7. The topological polar surface area (TPSA) is 109 Å². The average molecular weight is 444 g/mol. The van der Waals surface area contributed by atoms with Gasteiger partial charge in [0.15, 0.2) is 22.4 Å². The van der Waals surface area contributed by atoms with Crippen LogP contribution in [0.25, 0.3) is 6.08 Å². The van der Waals surface area contributed by atoms with E-state index in [1.807, 2.05) is 0 Å². The molecule has 0 bridgehead atoms. The molecule has 0 unspecified atom stereocenters.